The first-order valence-electron chi connectivity index (χ1n) is 4.52. The molecule has 1 rings (SSSR count). The van der Waals surface area contributed by atoms with Crippen molar-refractivity contribution in [1.29, 1.82) is 0 Å². The topological polar surface area (TPSA) is 104 Å². The highest BCUT2D eigenvalue weighted by Crippen LogP contribution is 2.25. The lowest BCUT2D eigenvalue weighted by Crippen LogP contribution is -2.46. The van der Waals surface area contributed by atoms with E-state index >= 15 is 0 Å². The number of likely N-dealkylation sites (N-methyl/N-ethyl adjacent to an activating group) is 1. The second-order valence-corrected chi connectivity index (χ2v) is 3.64. The Morgan fingerprint density at radius 1 is 1.21 bits per heavy atom. The van der Waals surface area contributed by atoms with Crippen LogP contribution >= 0.6 is 0 Å². The smallest absolute Gasteiger partial charge is 0.0996 e. The van der Waals surface area contributed by atoms with Crippen LogP contribution < -0.4 is 0 Å². The average molecular weight is 207 g/mol. The van der Waals surface area contributed by atoms with Crippen molar-refractivity contribution < 1.29 is 25.5 Å². The SMILES string of the molecule is CN1[C@H]([C@H](O)CO)[C@@H](O)[C@@H](O)[C@H]1CO. The van der Waals surface area contributed by atoms with Crippen LogP contribution in [0.3, 0.4) is 0 Å². The Balaban J connectivity index is 2.77. The van der Waals surface area contributed by atoms with E-state index in [1.165, 1.54) is 4.90 Å². The molecule has 0 radical (unpaired) electrons. The van der Waals surface area contributed by atoms with Crippen LogP contribution in [0.25, 0.3) is 0 Å². The fraction of sp³-hybridized carbons (Fsp3) is 1.00. The zero-order valence-corrected chi connectivity index (χ0v) is 7.98. The third-order valence-corrected chi connectivity index (χ3v) is 2.86. The van der Waals surface area contributed by atoms with Crippen LogP contribution in [0.15, 0.2) is 0 Å². The predicted octanol–water partition coefficient (Wildman–Crippen LogP) is -3.26. The highest BCUT2D eigenvalue weighted by Gasteiger charge is 2.48. The average Bonchev–Trinajstić information content (AvgIpc) is 2.38. The van der Waals surface area contributed by atoms with Gasteiger partial charge in [0.05, 0.1) is 43.6 Å². The third-order valence-electron chi connectivity index (χ3n) is 2.86. The maximum atomic E-state index is 9.56. The molecular formula is C8H17NO5. The van der Waals surface area contributed by atoms with Gasteiger partial charge in [0, 0.05) is 0 Å². The molecule has 0 amide bonds. The second kappa shape index (κ2) is 4.52. The summed E-state index contributed by atoms with van der Waals surface area (Å²) in [4.78, 5) is 1.48. The van der Waals surface area contributed by atoms with Gasteiger partial charge in [0.25, 0.3) is 0 Å². The molecule has 0 saturated carbocycles. The minimum Gasteiger partial charge on any atom is -0.395 e. The first kappa shape index (κ1) is 11.8. The van der Waals surface area contributed by atoms with Gasteiger partial charge in [-0.1, -0.05) is 0 Å². The maximum Gasteiger partial charge on any atom is 0.0996 e. The molecule has 5 atom stereocenters. The molecule has 0 aromatic carbocycles. The van der Waals surface area contributed by atoms with Crippen molar-refractivity contribution in [2.24, 2.45) is 0 Å². The summed E-state index contributed by atoms with van der Waals surface area (Å²) >= 11 is 0. The number of hydrogen-bond acceptors (Lipinski definition) is 6. The van der Waals surface area contributed by atoms with E-state index in [4.69, 9.17) is 10.2 Å². The molecule has 0 aromatic rings. The molecule has 0 unspecified atom stereocenters. The second-order valence-electron chi connectivity index (χ2n) is 3.64. The summed E-state index contributed by atoms with van der Waals surface area (Å²) in [6.07, 6.45) is -3.38. The molecule has 0 aromatic heterocycles. The van der Waals surface area contributed by atoms with Crippen LogP contribution in [-0.4, -0.2) is 81.1 Å². The summed E-state index contributed by atoms with van der Waals surface area (Å²) in [6.45, 7) is -0.791. The van der Waals surface area contributed by atoms with E-state index in [0.717, 1.165) is 0 Å². The molecule has 1 aliphatic heterocycles. The van der Waals surface area contributed by atoms with Crippen LogP contribution in [0.5, 0.6) is 0 Å². The zero-order chi connectivity index (χ0) is 10.9. The van der Waals surface area contributed by atoms with Crippen LogP contribution in [0.2, 0.25) is 0 Å². The lowest BCUT2D eigenvalue weighted by Gasteiger charge is -2.27. The minimum atomic E-state index is -1.15. The minimum absolute atomic E-state index is 0.302. The van der Waals surface area contributed by atoms with Crippen molar-refractivity contribution in [3.05, 3.63) is 0 Å². The number of nitrogens with zero attached hydrogens (tertiary/aromatic N) is 1. The molecule has 0 spiro atoms. The Labute approximate surface area is 82.0 Å². The van der Waals surface area contributed by atoms with Gasteiger partial charge in [-0.2, -0.15) is 0 Å². The molecule has 84 valence electrons. The molecule has 0 bridgehead atoms. The van der Waals surface area contributed by atoms with E-state index in [0.29, 0.717) is 0 Å². The Kier molecular flexibility index (Phi) is 3.82. The van der Waals surface area contributed by atoms with E-state index in [-0.39, 0.29) is 6.61 Å². The highest BCUT2D eigenvalue weighted by atomic mass is 16.4. The highest BCUT2D eigenvalue weighted by molar-refractivity contribution is 5.01. The van der Waals surface area contributed by atoms with Crippen molar-refractivity contribution in [2.75, 3.05) is 20.3 Å². The van der Waals surface area contributed by atoms with Gasteiger partial charge in [-0.15, -0.1) is 0 Å². The third kappa shape index (κ3) is 1.77. The monoisotopic (exact) mass is 207 g/mol. The molecule has 6 heteroatoms. The number of likely N-dealkylation sites (tertiary alicyclic amines) is 1. The van der Waals surface area contributed by atoms with Gasteiger partial charge in [-0.3, -0.25) is 4.90 Å². The van der Waals surface area contributed by atoms with Gasteiger partial charge >= 0.3 is 0 Å². The van der Waals surface area contributed by atoms with Crippen molar-refractivity contribution in [1.82, 2.24) is 4.90 Å². The van der Waals surface area contributed by atoms with Crippen molar-refractivity contribution >= 4 is 0 Å². The van der Waals surface area contributed by atoms with Gasteiger partial charge in [-0.25, -0.2) is 0 Å². The summed E-state index contributed by atoms with van der Waals surface area (Å²) in [5.74, 6) is 0. The van der Waals surface area contributed by atoms with Gasteiger partial charge in [0.15, 0.2) is 0 Å². The molecule has 14 heavy (non-hydrogen) atoms. The molecule has 6 nitrogen and oxygen atoms in total. The number of rotatable bonds is 3. The van der Waals surface area contributed by atoms with Crippen LogP contribution in [-0.2, 0) is 0 Å². The van der Waals surface area contributed by atoms with Gasteiger partial charge < -0.3 is 25.5 Å². The molecule has 1 aliphatic rings. The van der Waals surface area contributed by atoms with Crippen LogP contribution in [0, 0.1) is 0 Å². The lowest BCUT2D eigenvalue weighted by atomic mass is 10.0. The molecule has 1 heterocycles. The number of aliphatic hydroxyl groups is 5. The lowest BCUT2D eigenvalue weighted by molar-refractivity contribution is -0.0261. The Morgan fingerprint density at radius 3 is 2.14 bits per heavy atom. The molecule has 1 fully saturated rings. The first-order chi connectivity index (χ1) is 6.54. The summed E-state index contributed by atoms with van der Waals surface area (Å²) in [5, 5.41) is 46.1. The summed E-state index contributed by atoms with van der Waals surface area (Å²) < 4.78 is 0. The number of aliphatic hydroxyl groups excluding tert-OH is 5. The summed E-state index contributed by atoms with van der Waals surface area (Å²) in [6, 6.07) is -1.34. The zero-order valence-electron chi connectivity index (χ0n) is 7.98. The molecule has 5 N–H and O–H groups in total. The number of hydrogen-bond donors (Lipinski definition) is 5. The van der Waals surface area contributed by atoms with E-state index in [1.54, 1.807) is 7.05 Å². The summed E-state index contributed by atoms with van der Waals surface area (Å²) in [7, 11) is 1.57. The van der Waals surface area contributed by atoms with E-state index in [2.05, 4.69) is 0 Å². The van der Waals surface area contributed by atoms with E-state index in [9.17, 15) is 15.3 Å². The fourth-order valence-corrected chi connectivity index (χ4v) is 1.98. The van der Waals surface area contributed by atoms with E-state index < -0.39 is 37.0 Å². The molecule has 1 saturated heterocycles. The van der Waals surface area contributed by atoms with Crippen molar-refractivity contribution in [3.8, 4) is 0 Å². The van der Waals surface area contributed by atoms with Crippen molar-refractivity contribution in [2.45, 2.75) is 30.4 Å². The molecular weight excluding hydrogens is 190 g/mol. The largest absolute Gasteiger partial charge is 0.395 e. The van der Waals surface area contributed by atoms with Gasteiger partial charge in [-0.05, 0) is 7.05 Å². The van der Waals surface area contributed by atoms with Crippen LogP contribution in [0.4, 0.5) is 0 Å². The molecule has 0 aliphatic carbocycles. The van der Waals surface area contributed by atoms with Gasteiger partial charge in [0.1, 0.15) is 0 Å². The summed E-state index contributed by atoms with van der Waals surface area (Å²) in [5.41, 5.74) is 0. The van der Waals surface area contributed by atoms with Crippen molar-refractivity contribution in [3.63, 3.8) is 0 Å². The Bertz CT molecular complexity index is 191. The first-order valence-corrected chi connectivity index (χ1v) is 4.52. The quantitative estimate of drug-likeness (QED) is 0.333. The van der Waals surface area contributed by atoms with E-state index in [1.807, 2.05) is 0 Å². The predicted molar refractivity (Wildman–Crippen MR) is 47.5 cm³/mol. The Hall–Kier alpha value is -0.240. The normalized spacial score (nSPS) is 41.6. The van der Waals surface area contributed by atoms with Crippen LogP contribution in [0.1, 0.15) is 0 Å². The Morgan fingerprint density at radius 2 is 1.79 bits per heavy atom. The standard InChI is InChI=1S/C8H17NO5/c1-9-4(2-10)7(13)8(14)6(9)5(12)3-11/h4-8,10-14H,2-3H2,1H3/t4-,5-,6-,7+,8-/m1/s1. The maximum absolute atomic E-state index is 9.56. The fourth-order valence-electron chi connectivity index (χ4n) is 1.98. The van der Waals surface area contributed by atoms with Gasteiger partial charge in [0.2, 0.25) is 0 Å².